The molecule has 1 heterocycles. The second-order valence-corrected chi connectivity index (χ2v) is 5.24. The van der Waals surface area contributed by atoms with E-state index in [0.717, 1.165) is 38.5 Å². The monoisotopic (exact) mass is 225 g/mol. The summed E-state index contributed by atoms with van der Waals surface area (Å²) in [6, 6.07) is 0. The van der Waals surface area contributed by atoms with E-state index in [9.17, 15) is 4.79 Å². The van der Waals surface area contributed by atoms with E-state index in [4.69, 9.17) is 5.73 Å². The summed E-state index contributed by atoms with van der Waals surface area (Å²) in [5.41, 5.74) is 5.73. The van der Waals surface area contributed by atoms with Crippen LogP contribution < -0.4 is 5.73 Å². The molecule has 0 radical (unpaired) electrons. The van der Waals surface area contributed by atoms with Gasteiger partial charge in [-0.05, 0) is 19.4 Å². The number of piperazine rings is 1. The van der Waals surface area contributed by atoms with Gasteiger partial charge in [-0.25, -0.2) is 0 Å². The number of rotatable bonds is 4. The van der Waals surface area contributed by atoms with Gasteiger partial charge in [0.05, 0.1) is 5.92 Å². The highest BCUT2D eigenvalue weighted by molar-refractivity contribution is 5.79. The summed E-state index contributed by atoms with van der Waals surface area (Å²) in [6.07, 6.45) is 3.61. The molecule has 2 fully saturated rings. The summed E-state index contributed by atoms with van der Waals surface area (Å²) in [5, 5.41) is 0. The molecule has 92 valence electrons. The van der Waals surface area contributed by atoms with E-state index in [0.29, 0.717) is 12.5 Å². The Hall–Kier alpha value is -0.610. The highest BCUT2D eigenvalue weighted by atomic mass is 16.2. The largest absolute Gasteiger partial charge is 0.340 e. The lowest BCUT2D eigenvalue weighted by molar-refractivity contribution is -0.137. The molecule has 0 spiro atoms. The van der Waals surface area contributed by atoms with Gasteiger partial charge < -0.3 is 15.5 Å². The zero-order chi connectivity index (χ0) is 11.5. The van der Waals surface area contributed by atoms with Crippen molar-refractivity contribution in [3.8, 4) is 0 Å². The third kappa shape index (κ3) is 2.95. The quantitative estimate of drug-likeness (QED) is 0.740. The normalized spacial score (nSPS) is 24.5. The van der Waals surface area contributed by atoms with E-state index in [1.54, 1.807) is 0 Å². The number of hydrogen-bond donors (Lipinski definition) is 1. The van der Waals surface area contributed by atoms with Gasteiger partial charge >= 0.3 is 0 Å². The summed E-state index contributed by atoms with van der Waals surface area (Å²) >= 11 is 0. The maximum absolute atomic E-state index is 12.2. The van der Waals surface area contributed by atoms with Crippen LogP contribution in [0.4, 0.5) is 0 Å². The van der Waals surface area contributed by atoms with Crippen LogP contribution in [0.5, 0.6) is 0 Å². The lowest BCUT2D eigenvalue weighted by Crippen LogP contribution is -2.50. The zero-order valence-electron chi connectivity index (χ0n) is 10.2. The molecule has 1 aliphatic carbocycles. The smallest absolute Gasteiger partial charge is 0.227 e. The van der Waals surface area contributed by atoms with E-state index in [1.165, 1.54) is 12.8 Å². The Balaban J connectivity index is 1.83. The Morgan fingerprint density at radius 3 is 2.44 bits per heavy atom. The highest BCUT2D eigenvalue weighted by Crippen LogP contribution is 2.35. The first-order valence-electron chi connectivity index (χ1n) is 6.38. The van der Waals surface area contributed by atoms with E-state index in [-0.39, 0.29) is 5.92 Å². The number of carbonyl (C=O) groups excluding carboxylic acids is 1. The number of likely N-dealkylation sites (N-methyl/N-ethyl adjacent to an activating group) is 1. The first-order valence-corrected chi connectivity index (χ1v) is 6.38. The molecule has 4 nitrogen and oxygen atoms in total. The molecule has 1 amide bonds. The summed E-state index contributed by atoms with van der Waals surface area (Å²) in [5.74, 6) is 1.16. The Morgan fingerprint density at radius 1 is 1.31 bits per heavy atom. The van der Waals surface area contributed by atoms with Crippen molar-refractivity contribution in [2.45, 2.75) is 19.3 Å². The van der Waals surface area contributed by atoms with Crippen LogP contribution in [0.25, 0.3) is 0 Å². The molecule has 0 aromatic heterocycles. The van der Waals surface area contributed by atoms with Gasteiger partial charge in [-0.1, -0.05) is 12.8 Å². The lowest BCUT2D eigenvalue weighted by Gasteiger charge is -2.34. The molecule has 1 saturated heterocycles. The van der Waals surface area contributed by atoms with E-state index >= 15 is 0 Å². The topological polar surface area (TPSA) is 49.6 Å². The van der Waals surface area contributed by atoms with Crippen LogP contribution in [0.2, 0.25) is 0 Å². The molecule has 2 aliphatic rings. The van der Waals surface area contributed by atoms with E-state index < -0.39 is 0 Å². The molecule has 1 unspecified atom stereocenters. The third-order valence-electron chi connectivity index (χ3n) is 3.76. The number of hydrogen-bond acceptors (Lipinski definition) is 3. The van der Waals surface area contributed by atoms with Gasteiger partial charge in [0.2, 0.25) is 5.91 Å². The Kier molecular flexibility index (Phi) is 3.82. The molecule has 1 atom stereocenters. The average Bonchev–Trinajstić information content (AvgIpc) is 3.10. The molecular weight excluding hydrogens is 202 g/mol. The first-order chi connectivity index (χ1) is 7.70. The highest BCUT2D eigenvalue weighted by Gasteiger charge is 2.31. The lowest BCUT2D eigenvalue weighted by atomic mass is 10.0. The Morgan fingerprint density at radius 2 is 1.94 bits per heavy atom. The Bertz CT molecular complexity index is 245. The number of nitrogens with zero attached hydrogens (tertiary/aromatic N) is 2. The van der Waals surface area contributed by atoms with Crippen LogP contribution in [-0.4, -0.2) is 55.5 Å². The number of carbonyl (C=O) groups is 1. The van der Waals surface area contributed by atoms with Crippen LogP contribution in [0.15, 0.2) is 0 Å². The third-order valence-corrected chi connectivity index (χ3v) is 3.76. The predicted octanol–water partition coefficient (Wildman–Crippen LogP) is 0.135. The second-order valence-electron chi connectivity index (χ2n) is 5.24. The minimum atomic E-state index is 0.0795. The van der Waals surface area contributed by atoms with Crippen molar-refractivity contribution in [2.75, 3.05) is 39.8 Å². The van der Waals surface area contributed by atoms with Gasteiger partial charge in [0.25, 0.3) is 0 Å². The molecule has 0 bridgehead atoms. The van der Waals surface area contributed by atoms with Crippen molar-refractivity contribution in [1.29, 1.82) is 0 Å². The minimum Gasteiger partial charge on any atom is -0.340 e. The molecule has 2 N–H and O–H groups in total. The molecule has 16 heavy (non-hydrogen) atoms. The van der Waals surface area contributed by atoms with Crippen molar-refractivity contribution in [3.63, 3.8) is 0 Å². The van der Waals surface area contributed by atoms with Crippen LogP contribution in [0.1, 0.15) is 19.3 Å². The number of amides is 1. The maximum atomic E-state index is 12.2. The van der Waals surface area contributed by atoms with Crippen LogP contribution in [0, 0.1) is 11.8 Å². The van der Waals surface area contributed by atoms with Crippen LogP contribution >= 0.6 is 0 Å². The summed E-state index contributed by atoms with van der Waals surface area (Å²) in [6.45, 7) is 4.24. The van der Waals surface area contributed by atoms with Gasteiger partial charge in [-0.15, -0.1) is 0 Å². The summed E-state index contributed by atoms with van der Waals surface area (Å²) in [4.78, 5) is 16.5. The molecule has 1 saturated carbocycles. The van der Waals surface area contributed by atoms with Gasteiger partial charge in [-0.3, -0.25) is 4.79 Å². The fraction of sp³-hybridized carbons (Fsp3) is 0.917. The Labute approximate surface area is 97.8 Å². The van der Waals surface area contributed by atoms with E-state index in [1.807, 2.05) is 4.90 Å². The van der Waals surface area contributed by atoms with Gasteiger partial charge in [-0.2, -0.15) is 0 Å². The average molecular weight is 225 g/mol. The number of nitrogens with two attached hydrogens (primary N) is 1. The second kappa shape index (κ2) is 5.15. The van der Waals surface area contributed by atoms with Crippen LogP contribution in [-0.2, 0) is 4.79 Å². The summed E-state index contributed by atoms with van der Waals surface area (Å²) in [7, 11) is 2.10. The maximum Gasteiger partial charge on any atom is 0.227 e. The van der Waals surface area contributed by atoms with Crippen molar-refractivity contribution in [1.82, 2.24) is 9.80 Å². The van der Waals surface area contributed by atoms with Crippen molar-refractivity contribution in [2.24, 2.45) is 17.6 Å². The SMILES string of the molecule is CN1CCN(C(=O)C(CN)CC2CC2)CC1. The molecule has 0 aromatic carbocycles. The van der Waals surface area contributed by atoms with Crippen molar-refractivity contribution in [3.05, 3.63) is 0 Å². The van der Waals surface area contributed by atoms with Gasteiger partial charge in [0.1, 0.15) is 0 Å². The summed E-state index contributed by atoms with van der Waals surface area (Å²) < 4.78 is 0. The molecule has 4 heteroatoms. The predicted molar refractivity (Wildman–Crippen MR) is 64.0 cm³/mol. The fourth-order valence-corrected chi connectivity index (χ4v) is 2.34. The van der Waals surface area contributed by atoms with Gasteiger partial charge in [0, 0.05) is 32.7 Å². The van der Waals surface area contributed by atoms with Crippen molar-refractivity contribution < 1.29 is 4.79 Å². The standard InChI is InChI=1S/C12H23N3O/c1-14-4-6-15(7-5-14)12(16)11(9-13)8-10-2-3-10/h10-11H,2-9,13H2,1H3. The molecule has 2 rings (SSSR count). The van der Waals surface area contributed by atoms with E-state index in [2.05, 4.69) is 11.9 Å². The zero-order valence-corrected chi connectivity index (χ0v) is 10.2. The molecule has 0 aromatic rings. The fourth-order valence-electron chi connectivity index (χ4n) is 2.34. The van der Waals surface area contributed by atoms with Crippen molar-refractivity contribution >= 4 is 5.91 Å². The minimum absolute atomic E-state index is 0.0795. The molecule has 1 aliphatic heterocycles. The van der Waals surface area contributed by atoms with Crippen LogP contribution in [0.3, 0.4) is 0 Å². The van der Waals surface area contributed by atoms with Gasteiger partial charge in [0.15, 0.2) is 0 Å². The first kappa shape index (κ1) is 11.9. The molecular formula is C12H23N3O.